The summed E-state index contributed by atoms with van der Waals surface area (Å²) in [7, 11) is 0. The third kappa shape index (κ3) is 2.05. The fourth-order valence-electron chi connectivity index (χ4n) is 2.44. The van der Waals surface area contributed by atoms with Crippen molar-refractivity contribution in [3.63, 3.8) is 0 Å². The predicted octanol–water partition coefficient (Wildman–Crippen LogP) is 3.25. The van der Waals surface area contributed by atoms with E-state index in [9.17, 15) is 8.78 Å². The van der Waals surface area contributed by atoms with Gasteiger partial charge in [-0.2, -0.15) is 0 Å². The molecule has 1 heterocycles. The van der Waals surface area contributed by atoms with Crippen LogP contribution in [0.2, 0.25) is 0 Å². The molecular formula is C14H13F2N3. The van der Waals surface area contributed by atoms with Crippen LogP contribution in [-0.4, -0.2) is 9.97 Å². The van der Waals surface area contributed by atoms with Crippen molar-refractivity contribution in [2.75, 3.05) is 5.32 Å². The van der Waals surface area contributed by atoms with E-state index in [1.165, 1.54) is 6.07 Å². The maximum atomic E-state index is 14.0. The minimum Gasteiger partial charge on any atom is -0.345 e. The van der Waals surface area contributed by atoms with Crippen molar-refractivity contribution in [2.45, 2.75) is 24.8 Å². The van der Waals surface area contributed by atoms with Crippen molar-refractivity contribution >= 4 is 5.95 Å². The van der Waals surface area contributed by atoms with Gasteiger partial charge in [-0.25, -0.2) is 18.7 Å². The summed E-state index contributed by atoms with van der Waals surface area (Å²) in [6.45, 7) is 0. The molecular weight excluding hydrogens is 248 g/mol. The van der Waals surface area contributed by atoms with Crippen LogP contribution in [-0.2, 0) is 5.54 Å². The van der Waals surface area contributed by atoms with Crippen LogP contribution in [0.15, 0.2) is 36.7 Å². The van der Waals surface area contributed by atoms with Crippen LogP contribution in [0, 0.1) is 11.6 Å². The number of anilines is 1. The summed E-state index contributed by atoms with van der Waals surface area (Å²) in [5, 5.41) is 3.15. The number of halogens is 2. The number of nitrogens with one attached hydrogen (secondary N) is 1. The Morgan fingerprint density at radius 3 is 2.42 bits per heavy atom. The van der Waals surface area contributed by atoms with Gasteiger partial charge in [0.25, 0.3) is 0 Å². The van der Waals surface area contributed by atoms with E-state index in [0.29, 0.717) is 11.5 Å². The average molecular weight is 261 g/mol. The van der Waals surface area contributed by atoms with Crippen molar-refractivity contribution in [1.82, 2.24) is 9.97 Å². The van der Waals surface area contributed by atoms with Gasteiger partial charge in [0.1, 0.15) is 0 Å². The average Bonchev–Trinajstić information content (AvgIpc) is 2.39. The number of nitrogens with zero attached hydrogens (tertiary/aromatic N) is 2. The molecule has 1 aromatic heterocycles. The van der Waals surface area contributed by atoms with Crippen LogP contribution >= 0.6 is 0 Å². The maximum absolute atomic E-state index is 14.0. The molecule has 19 heavy (non-hydrogen) atoms. The smallest absolute Gasteiger partial charge is 0.223 e. The number of benzene rings is 1. The van der Waals surface area contributed by atoms with Crippen molar-refractivity contribution < 1.29 is 8.78 Å². The first-order valence-corrected chi connectivity index (χ1v) is 6.21. The molecule has 5 heteroatoms. The molecule has 1 aromatic carbocycles. The minimum atomic E-state index is -0.820. The first-order chi connectivity index (χ1) is 9.21. The van der Waals surface area contributed by atoms with E-state index in [2.05, 4.69) is 15.3 Å². The fraction of sp³-hybridized carbons (Fsp3) is 0.286. The fourth-order valence-corrected chi connectivity index (χ4v) is 2.44. The number of aromatic nitrogens is 2. The summed E-state index contributed by atoms with van der Waals surface area (Å²) < 4.78 is 27.3. The first kappa shape index (κ1) is 12.0. The van der Waals surface area contributed by atoms with Crippen LogP contribution in [0.4, 0.5) is 14.7 Å². The molecule has 0 atom stereocenters. The highest BCUT2D eigenvalue weighted by Gasteiger charge is 2.41. The largest absolute Gasteiger partial charge is 0.345 e. The highest BCUT2D eigenvalue weighted by Crippen LogP contribution is 2.44. The zero-order valence-electron chi connectivity index (χ0n) is 10.2. The quantitative estimate of drug-likeness (QED) is 0.921. The molecule has 0 unspecified atom stereocenters. The molecule has 0 aliphatic heterocycles. The lowest BCUT2D eigenvalue weighted by atomic mass is 9.71. The Morgan fingerprint density at radius 2 is 1.79 bits per heavy atom. The predicted molar refractivity (Wildman–Crippen MR) is 67.5 cm³/mol. The van der Waals surface area contributed by atoms with Gasteiger partial charge in [0.2, 0.25) is 5.95 Å². The van der Waals surface area contributed by atoms with Crippen molar-refractivity contribution in [3.8, 4) is 0 Å². The number of hydrogen-bond donors (Lipinski definition) is 1. The maximum Gasteiger partial charge on any atom is 0.223 e. The Hall–Kier alpha value is -2.04. The molecule has 0 bridgehead atoms. The molecule has 1 aliphatic rings. The Morgan fingerprint density at radius 1 is 1.05 bits per heavy atom. The van der Waals surface area contributed by atoms with E-state index in [1.54, 1.807) is 24.5 Å². The zero-order chi connectivity index (χ0) is 13.3. The van der Waals surface area contributed by atoms with Gasteiger partial charge in [-0.3, -0.25) is 0 Å². The second-order valence-electron chi connectivity index (χ2n) is 4.73. The summed E-state index contributed by atoms with van der Waals surface area (Å²) in [6.07, 6.45) is 5.68. The molecule has 0 saturated heterocycles. The van der Waals surface area contributed by atoms with Gasteiger partial charge in [-0.05, 0) is 31.4 Å². The Kier molecular flexibility index (Phi) is 2.89. The zero-order valence-corrected chi connectivity index (χ0v) is 10.2. The molecule has 0 amide bonds. The van der Waals surface area contributed by atoms with Gasteiger partial charge >= 0.3 is 0 Å². The minimum absolute atomic E-state index is 0.353. The van der Waals surface area contributed by atoms with Crippen molar-refractivity contribution in [2.24, 2.45) is 0 Å². The van der Waals surface area contributed by atoms with Crippen molar-refractivity contribution in [3.05, 3.63) is 53.9 Å². The van der Waals surface area contributed by atoms with Crippen molar-refractivity contribution in [1.29, 1.82) is 0 Å². The van der Waals surface area contributed by atoms with E-state index < -0.39 is 17.2 Å². The van der Waals surface area contributed by atoms with Gasteiger partial charge in [0, 0.05) is 18.0 Å². The second-order valence-corrected chi connectivity index (χ2v) is 4.73. The highest BCUT2D eigenvalue weighted by atomic mass is 19.2. The van der Waals surface area contributed by atoms with Crippen LogP contribution in [0.3, 0.4) is 0 Å². The standard InChI is InChI=1S/C14H13F2N3/c15-11-5-1-4-10(12(11)16)14(6-2-7-14)19-13-17-8-3-9-18-13/h1,3-5,8-9H,2,6-7H2,(H,17,18,19). The SMILES string of the molecule is Fc1cccc(C2(Nc3ncccn3)CCC2)c1F. The van der Waals surface area contributed by atoms with Gasteiger partial charge in [0.05, 0.1) is 5.54 Å². The molecule has 3 rings (SSSR count). The monoisotopic (exact) mass is 261 g/mol. The molecule has 1 N–H and O–H groups in total. The lowest BCUT2D eigenvalue weighted by molar-refractivity contribution is 0.270. The summed E-state index contributed by atoms with van der Waals surface area (Å²) in [5.74, 6) is -1.17. The van der Waals surface area contributed by atoms with Crippen LogP contribution in [0.25, 0.3) is 0 Å². The third-order valence-electron chi connectivity index (χ3n) is 3.59. The van der Waals surface area contributed by atoms with E-state index in [-0.39, 0.29) is 0 Å². The lowest BCUT2D eigenvalue weighted by Crippen LogP contribution is -2.43. The molecule has 1 aliphatic carbocycles. The van der Waals surface area contributed by atoms with Crippen LogP contribution in [0.1, 0.15) is 24.8 Å². The molecule has 1 saturated carbocycles. The Balaban J connectivity index is 1.97. The van der Waals surface area contributed by atoms with E-state index in [4.69, 9.17) is 0 Å². The Bertz CT molecular complexity index is 582. The van der Waals surface area contributed by atoms with Gasteiger partial charge in [0.15, 0.2) is 11.6 Å². The second kappa shape index (κ2) is 4.57. The molecule has 3 nitrogen and oxygen atoms in total. The summed E-state index contributed by atoms with van der Waals surface area (Å²) in [6, 6.07) is 5.99. The van der Waals surface area contributed by atoms with Gasteiger partial charge in [-0.15, -0.1) is 0 Å². The topological polar surface area (TPSA) is 37.8 Å². The van der Waals surface area contributed by atoms with E-state index in [0.717, 1.165) is 25.3 Å². The number of hydrogen-bond acceptors (Lipinski definition) is 3. The highest BCUT2D eigenvalue weighted by molar-refractivity contribution is 5.40. The van der Waals surface area contributed by atoms with E-state index >= 15 is 0 Å². The van der Waals surface area contributed by atoms with Crippen LogP contribution < -0.4 is 5.32 Å². The normalized spacial score (nSPS) is 16.7. The molecule has 2 aromatic rings. The summed E-state index contributed by atoms with van der Waals surface area (Å²) in [5.41, 5.74) is -0.237. The molecule has 1 fully saturated rings. The Labute approximate surface area is 109 Å². The van der Waals surface area contributed by atoms with Gasteiger partial charge < -0.3 is 5.32 Å². The lowest BCUT2D eigenvalue weighted by Gasteiger charge is -2.43. The van der Waals surface area contributed by atoms with Crippen LogP contribution in [0.5, 0.6) is 0 Å². The molecule has 98 valence electrons. The molecule has 0 radical (unpaired) electrons. The van der Waals surface area contributed by atoms with Gasteiger partial charge in [-0.1, -0.05) is 12.1 Å². The van der Waals surface area contributed by atoms with E-state index in [1.807, 2.05) is 0 Å². The summed E-state index contributed by atoms with van der Waals surface area (Å²) >= 11 is 0. The first-order valence-electron chi connectivity index (χ1n) is 6.21. The summed E-state index contributed by atoms with van der Waals surface area (Å²) in [4.78, 5) is 8.17. The molecule has 0 spiro atoms. The number of rotatable bonds is 3. The third-order valence-corrected chi connectivity index (χ3v) is 3.59.